The minimum absolute atomic E-state index is 0.0331. The number of cyclic esters (lactones) is 1. The van der Waals surface area contributed by atoms with Crippen molar-refractivity contribution < 1.29 is 97.1 Å². The third kappa shape index (κ3) is 32.8. The summed E-state index contributed by atoms with van der Waals surface area (Å²) in [6.45, 7) is 10.1. The van der Waals surface area contributed by atoms with Crippen LogP contribution in [-0.2, 0) is 89.5 Å². The first-order chi connectivity index (χ1) is 54.2. The van der Waals surface area contributed by atoms with Crippen LogP contribution in [0.2, 0.25) is 0 Å². The molecule has 0 bridgehead atoms. The molecule has 1 aromatic heterocycles. The molecule has 3 aromatic rings. The van der Waals surface area contributed by atoms with Crippen LogP contribution < -0.4 is 87.2 Å². The van der Waals surface area contributed by atoms with Crippen molar-refractivity contribution in [2.24, 2.45) is 56.4 Å². The van der Waals surface area contributed by atoms with E-state index >= 15 is 4.79 Å². The predicted molar refractivity (Wildman–Crippen MR) is 419 cm³/mol. The molecule has 0 saturated carbocycles. The number of benzene rings is 2. The number of ether oxygens (including phenoxy) is 1. The number of carboxylic acids is 1. The van der Waals surface area contributed by atoms with Crippen molar-refractivity contribution in [1.29, 1.82) is 0 Å². The van der Waals surface area contributed by atoms with Crippen molar-refractivity contribution in [3.8, 4) is 0 Å². The molecule has 636 valence electrons. The number of H-pyrrole nitrogens is 1. The normalized spacial score (nSPS) is 23.8. The minimum atomic E-state index is -2.04. The molecule has 1 aliphatic rings. The number of nitrogens with one attached hydrogen (secondary N) is 12. The van der Waals surface area contributed by atoms with Crippen LogP contribution in [0.25, 0.3) is 10.9 Å². The van der Waals surface area contributed by atoms with Gasteiger partial charge in [-0.25, -0.2) is 4.79 Å². The van der Waals surface area contributed by atoms with Crippen LogP contribution >= 0.6 is 0 Å². The maximum Gasteiger partial charge on any atom is 0.331 e. The predicted octanol–water partition coefficient (Wildman–Crippen LogP) is -4.81. The number of fused-ring (bicyclic) bond motifs is 1. The van der Waals surface area contributed by atoms with Crippen LogP contribution in [-0.4, -0.2) is 249 Å². The quantitative estimate of drug-likeness (QED) is 0.0134. The van der Waals surface area contributed by atoms with Crippen molar-refractivity contribution in [2.75, 3.05) is 33.3 Å². The number of amides is 13. The second-order valence-electron chi connectivity index (χ2n) is 29.3. The molecule has 0 aliphatic carbocycles. The Balaban J connectivity index is 1.99. The van der Waals surface area contributed by atoms with Crippen LogP contribution in [0.3, 0.4) is 0 Å². The summed E-state index contributed by atoms with van der Waals surface area (Å²) < 4.78 is 5.76. The number of aliphatic hydroxyl groups is 3. The maximum atomic E-state index is 15.1. The Labute approximate surface area is 666 Å². The highest BCUT2D eigenvalue weighted by Crippen LogP contribution is 2.22. The number of likely N-dealkylation sites (N-methyl/N-ethyl adjacent to an activating group) is 1. The van der Waals surface area contributed by atoms with Crippen molar-refractivity contribution in [3.05, 3.63) is 71.9 Å². The van der Waals surface area contributed by atoms with E-state index in [0.717, 1.165) is 18.7 Å². The number of rotatable bonds is 29. The third-order valence-electron chi connectivity index (χ3n) is 18.8. The summed E-state index contributed by atoms with van der Waals surface area (Å²) in [4.78, 5) is 227. The number of nitrogens with two attached hydrogens (primary N) is 5. The minimum Gasteiger partial charge on any atom is -0.481 e. The topological polar surface area (TPSA) is 652 Å². The number of aliphatic hydroxyl groups excluding tert-OH is 3. The lowest BCUT2D eigenvalue weighted by molar-refractivity contribution is -0.159. The number of carboxylic acid groups (broad SMARTS) is 1. The van der Waals surface area contributed by atoms with E-state index in [4.69, 9.17) is 33.4 Å². The lowest BCUT2D eigenvalue weighted by Crippen LogP contribution is -2.62. The van der Waals surface area contributed by atoms with Gasteiger partial charge in [0.05, 0.1) is 31.8 Å². The number of hydrogen-bond acceptors (Lipinski definition) is 21. The molecule has 40 heteroatoms. The molecule has 7 unspecified atom stereocenters. The Morgan fingerprint density at radius 3 is 1.60 bits per heavy atom. The van der Waals surface area contributed by atoms with E-state index < -0.39 is 225 Å². The number of carbonyl (C=O) groups excluding carboxylic acids is 14. The van der Waals surface area contributed by atoms with Crippen LogP contribution in [0.5, 0.6) is 0 Å². The van der Waals surface area contributed by atoms with E-state index in [0.29, 0.717) is 22.0 Å². The van der Waals surface area contributed by atoms with Crippen molar-refractivity contribution >= 4 is 112 Å². The number of nitrogens with zero attached hydrogens (tertiary/aromatic N) is 3. The first-order valence-electron chi connectivity index (χ1n) is 38.2. The first-order valence-corrected chi connectivity index (χ1v) is 38.2. The molecule has 13 amide bonds. The molecule has 2 aromatic carbocycles. The smallest absolute Gasteiger partial charge is 0.331 e. The highest BCUT2D eigenvalue weighted by Gasteiger charge is 2.41. The summed E-state index contributed by atoms with van der Waals surface area (Å²) >= 11 is 0. The monoisotopic (exact) mass is 1620 g/mol. The highest BCUT2D eigenvalue weighted by atomic mass is 16.5. The highest BCUT2D eigenvalue weighted by molar-refractivity contribution is 6.00. The van der Waals surface area contributed by atoms with E-state index in [-0.39, 0.29) is 94.6 Å². The van der Waals surface area contributed by atoms with Gasteiger partial charge in [-0.1, -0.05) is 96.5 Å². The maximum absolute atomic E-state index is 15.1. The van der Waals surface area contributed by atoms with Gasteiger partial charge in [0, 0.05) is 62.9 Å². The summed E-state index contributed by atoms with van der Waals surface area (Å²) in [6, 6.07) is -4.18. The van der Waals surface area contributed by atoms with Gasteiger partial charge in [-0.05, 0) is 100 Å². The van der Waals surface area contributed by atoms with Gasteiger partial charge in [-0.2, -0.15) is 0 Å². The number of aromatic nitrogens is 1. The molecule has 15 atom stereocenters. The van der Waals surface area contributed by atoms with E-state index in [1.807, 2.05) is 0 Å². The zero-order valence-electron chi connectivity index (χ0n) is 66.4. The molecule has 1 aliphatic heterocycles. The summed E-state index contributed by atoms with van der Waals surface area (Å²) in [5.41, 5.74) is 29.4. The molecular formula is C75H116N20O20. The first kappa shape index (κ1) is 95.8. The standard InChI is InChI=1S/C75H116N20O20/c1-10-40(6)60-71(112)94-61(41(7)97)73(114)115-42(8)62(92-57(100)34-45(98)30-38(2)3)72(113)88-49(23-17-29-82-75(79)80)65(106)91-54(37-96)63(104)84-36-58(101)95(9)55(32-43-18-12-11-13-19-43)70(111)90-52(31-39(4)5)68(109)85-48(22-16-28-81-74(77)78)64(105)87-51(25-27-59(102)103)66(107)86-50(24-26-56(76)99)67(108)89-53(69(110)93-60)33-44-35-83-47-21-15-14-20-46(44)47/h11-15,18-21,35,38-42,45,48-55,60-62,83,96-98H,10,16-17,22-34,36-37H2,1-9H3,(H2,76,99)(H,84,104)(H,85,109)(H,86,107)(H,87,105)(H,88,113)(H,89,108)(H,90,111)(H,91,106)(H,92,100)(H,93,110)(H,94,112)(H,102,103)(H4,77,78,81)(H4,79,80,82)/t40-,41+,42+,45+,48+,49+,50+,51?,52?,53?,54?,55?,60-,61?,62?/m0/s1. The van der Waals surface area contributed by atoms with Gasteiger partial charge >= 0.3 is 11.9 Å². The molecule has 4 rings (SSSR count). The second kappa shape index (κ2) is 47.8. The van der Waals surface area contributed by atoms with Gasteiger partial charge in [0.2, 0.25) is 76.8 Å². The van der Waals surface area contributed by atoms with Gasteiger partial charge in [0.15, 0.2) is 18.0 Å². The molecule has 40 nitrogen and oxygen atoms in total. The van der Waals surface area contributed by atoms with E-state index in [9.17, 15) is 87.5 Å². The number of guanidine groups is 2. The molecule has 1 saturated heterocycles. The second-order valence-corrected chi connectivity index (χ2v) is 29.3. The molecule has 1 fully saturated rings. The lowest BCUT2D eigenvalue weighted by atomic mass is 9.96. The van der Waals surface area contributed by atoms with E-state index in [1.54, 1.807) is 95.4 Å². The van der Waals surface area contributed by atoms with Gasteiger partial charge < -0.3 is 122 Å². The Morgan fingerprint density at radius 2 is 1.08 bits per heavy atom. The van der Waals surface area contributed by atoms with Crippen LogP contribution in [0.4, 0.5) is 0 Å². The number of esters is 1. The van der Waals surface area contributed by atoms with Crippen LogP contribution in [0.1, 0.15) is 144 Å². The SMILES string of the molecule is CC[C@H](C)[C@@H]1NC(=O)C(Cc2c[nH]c3ccccc23)NC(=O)[C@@H](CCC(N)=O)NC(=O)C(CCC(=O)O)NC(=O)[C@@H](CCCN=C(N)N)NC(=O)C(CC(C)C)NC(=O)C(Cc2ccccc2)N(C)C(=O)CNC(=O)C(CO)NC(=O)[C@@H](CCCN=C(N)N)NC(=O)C(NC(=O)C[C@H](O)CC(C)C)[C@@H](C)OC(=O)C([C@@H](C)O)NC1=O. The summed E-state index contributed by atoms with van der Waals surface area (Å²) in [5, 5.41) is 70.7. The summed E-state index contributed by atoms with van der Waals surface area (Å²) in [6.07, 6.45) is -7.77. The van der Waals surface area contributed by atoms with Crippen molar-refractivity contribution in [2.45, 2.75) is 230 Å². The van der Waals surface area contributed by atoms with Crippen LogP contribution in [0.15, 0.2) is 70.8 Å². The zero-order chi connectivity index (χ0) is 85.9. The molecule has 115 heavy (non-hydrogen) atoms. The van der Waals surface area contributed by atoms with Crippen molar-refractivity contribution in [1.82, 2.24) is 68.4 Å². The van der Waals surface area contributed by atoms with Gasteiger partial charge in [0.25, 0.3) is 0 Å². The number of carbonyl (C=O) groups is 15. The zero-order valence-corrected chi connectivity index (χ0v) is 66.4. The molecule has 0 spiro atoms. The van der Waals surface area contributed by atoms with Gasteiger partial charge in [0.1, 0.15) is 66.5 Å². The Morgan fingerprint density at radius 1 is 0.583 bits per heavy atom. The number of aliphatic imine (C=N–C) groups is 2. The van der Waals surface area contributed by atoms with E-state index in [1.165, 1.54) is 14.0 Å². The molecule has 26 N–H and O–H groups in total. The van der Waals surface area contributed by atoms with Gasteiger partial charge in [-0.15, -0.1) is 0 Å². The summed E-state index contributed by atoms with van der Waals surface area (Å²) in [5.74, 6) is -18.9. The van der Waals surface area contributed by atoms with Crippen molar-refractivity contribution in [3.63, 3.8) is 0 Å². The largest absolute Gasteiger partial charge is 0.481 e. The third-order valence-corrected chi connectivity index (χ3v) is 18.8. The number of hydrogen-bond donors (Lipinski definition) is 21. The van der Waals surface area contributed by atoms with E-state index in [2.05, 4.69) is 73.5 Å². The van der Waals surface area contributed by atoms with Gasteiger partial charge in [-0.3, -0.25) is 77.1 Å². The Hall–Kier alpha value is -11.5. The number of aromatic amines is 1. The molecule has 2 heterocycles. The fourth-order valence-corrected chi connectivity index (χ4v) is 12.4. The number of para-hydroxylation sites is 1. The average Bonchev–Trinajstić information content (AvgIpc) is 1.72. The lowest BCUT2D eigenvalue weighted by Gasteiger charge is -2.31. The number of primary amides is 1. The Kier molecular flexibility index (Phi) is 39.9. The molecular weight excluding hydrogens is 1500 g/mol. The fourth-order valence-electron chi connectivity index (χ4n) is 12.4. The summed E-state index contributed by atoms with van der Waals surface area (Å²) in [7, 11) is 1.22. The van der Waals surface area contributed by atoms with Crippen LogP contribution in [0, 0.1) is 17.8 Å². The average molecular weight is 1620 g/mol. The Bertz CT molecular complexity index is 3890. The molecule has 0 radical (unpaired) electrons. The fraction of sp³-hybridized carbons (Fsp3) is 0.587. The number of aliphatic carboxylic acids is 1.